The first-order valence-electron chi connectivity index (χ1n) is 7.52. The standard InChI is InChI=1S/C16H27F2N3/c1-6-16(5,21(7-2)8-3)15(20-19)12-10-9-11(4)13(17)14(12)18/h9-10,15,20H,6-8,19H2,1-5H3. The van der Waals surface area contributed by atoms with Crippen LogP contribution in [0.25, 0.3) is 0 Å². The van der Waals surface area contributed by atoms with Crippen LogP contribution in [0.5, 0.6) is 0 Å². The molecule has 0 saturated carbocycles. The van der Waals surface area contributed by atoms with Gasteiger partial charge in [0.15, 0.2) is 11.6 Å². The number of hydrogen-bond acceptors (Lipinski definition) is 3. The molecule has 3 nitrogen and oxygen atoms in total. The molecular weight excluding hydrogens is 272 g/mol. The van der Waals surface area contributed by atoms with Gasteiger partial charge in [-0.2, -0.15) is 0 Å². The van der Waals surface area contributed by atoms with Crippen LogP contribution in [0.1, 0.15) is 51.3 Å². The van der Waals surface area contributed by atoms with Gasteiger partial charge in [0, 0.05) is 11.1 Å². The minimum Gasteiger partial charge on any atom is -0.297 e. The van der Waals surface area contributed by atoms with E-state index in [0.717, 1.165) is 19.5 Å². The van der Waals surface area contributed by atoms with Crippen LogP contribution in [0.3, 0.4) is 0 Å². The van der Waals surface area contributed by atoms with E-state index in [1.165, 1.54) is 0 Å². The van der Waals surface area contributed by atoms with Gasteiger partial charge in [-0.1, -0.05) is 32.9 Å². The summed E-state index contributed by atoms with van der Waals surface area (Å²) in [6.45, 7) is 11.3. The van der Waals surface area contributed by atoms with Crippen molar-refractivity contribution in [1.82, 2.24) is 10.3 Å². The molecule has 0 aliphatic rings. The third kappa shape index (κ3) is 3.25. The van der Waals surface area contributed by atoms with Gasteiger partial charge >= 0.3 is 0 Å². The molecule has 1 aromatic carbocycles. The summed E-state index contributed by atoms with van der Waals surface area (Å²) in [6, 6.07) is 2.73. The summed E-state index contributed by atoms with van der Waals surface area (Å²) in [4.78, 5) is 2.22. The zero-order valence-electron chi connectivity index (χ0n) is 13.6. The lowest BCUT2D eigenvalue weighted by atomic mass is 9.82. The molecule has 21 heavy (non-hydrogen) atoms. The van der Waals surface area contributed by atoms with Gasteiger partial charge < -0.3 is 0 Å². The van der Waals surface area contributed by atoms with E-state index in [1.807, 2.05) is 13.8 Å². The van der Waals surface area contributed by atoms with Gasteiger partial charge in [0.1, 0.15) is 0 Å². The largest absolute Gasteiger partial charge is 0.297 e. The zero-order valence-corrected chi connectivity index (χ0v) is 13.6. The fourth-order valence-corrected chi connectivity index (χ4v) is 3.04. The Morgan fingerprint density at radius 3 is 2.19 bits per heavy atom. The minimum atomic E-state index is -0.815. The second kappa shape index (κ2) is 7.29. The molecule has 1 rings (SSSR count). The summed E-state index contributed by atoms with van der Waals surface area (Å²) >= 11 is 0. The summed E-state index contributed by atoms with van der Waals surface area (Å²) in [5, 5.41) is 0. The van der Waals surface area contributed by atoms with Crippen molar-refractivity contribution in [2.24, 2.45) is 5.84 Å². The lowest BCUT2D eigenvalue weighted by Gasteiger charge is -2.45. The Labute approximate surface area is 126 Å². The monoisotopic (exact) mass is 299 g/mol. The Hall–Kier alpha value is -1.04. The molecule has 2 atom stereocenters. The number of hydrogen-bond donors (Lipinski definition) is 2. The van der Waals surface area contributed by atoms with E-state index in [-0.39, 0.29) is 5.56 Å². The molecule has 0 aliphatic carbocycles. The SMILES string of the molecule is CCN(CC)C(C)(CC)C(NN)c1ccc(C)c(F)c1F. The number of halogens is 2. The highest BCUT2D eigenvalue weighted by Gasteiger charge is 2.39. The van der Waals surface area contributed by atoms with Crippen molar-refractivity contribution in [3.05, 3.63) is 34.9 Å². The summed E-state index contributed by atoms with van der Waals surface area (Å²) < 4.78 is 28.2. The zero-order chi connectivity index (χ0) is 16.2. The molecule has 0 heterocycles. The lowest BCUT2D eigenvalue weighted by Crippen LogP contribution is -2.56. The highest BCUT2D eigenvalue weighted by Crippen LogP contribution is 2.35. The maximum Gasteiger partial charge on any atom is 0.163 e. The van der Waals surface area contributed by atoms with Crippen molar-refractivity contribution in [3.63, 3.8) is 0 Å². The number of nitrogens with zero attached hydrogens (tertiary/aromatic N) is 1. The number of rotatable bonds is 7. The summed E-state index contributed by atoms with van der Waals surface area (Å²) in [6.07, 6.45) is 0.762. The molecule has 1 aromatic rings. The summed E-state index contributed by atoms with van der Waals surface area (Å²) in [7, 11) is 0. The topological polar surface area (TPSA) is 41.3 Å². The van der Waals surface area contributed by atoms with Gasteiger partial charge in [0.25, 0.3) is 0 Å². The third-order valence-corrected chi connectivity index (χ3v) is 4.61. The lowest BCUT2D eigenvalue weighted by molar-refractivity contribution is 0.0682. The third-order valence-electron chi connectivity index (χ3n) is 4.61. The van der Waals surface area contributed by atoms with Gasteiger partial charge in [-0.3, -0.25) is 16.2 Å². The van der Waals surface area contributed by atoms with Crippen molar-refractivity contribution in [1.29, 1.82) is 0 Å². The maximum atomic E-state index is 14.3. The van der Waals surface area contributed by atoms with Crippen molar-refractivity contribution in [2.45, 2.75) is 52.6 Å². The average molecular weight is 299 g/mol. The van der Waals surface area contributed by atoms with E-state index >= 15 is 0 Å². The van der Waals surface area contributed by atoms with E-state index in [0.29, 0.717) is 5.56 Å². The van der Waals surface area contributed by atoms with Crippen molar-refractivity contribution in [3.8, 4) is 0 Å². The number of likely N-dealkylation sites (N-methyl/N-ethyl adjacent to an activating group) is 1. The van der Waals surface area contributed by atoms with Crippen LogP contribution in [0.2, 0.25) is 0 Å². The number of nitrogens with two attached hydrogens (primary N) is 1. The highest BCUT2D eigenvalue weighted by molar-refractivity contribution is 5.30. The van der Waals surface area contributed by atoms with E-state index in [2.05, 4.69) is 24.2 Å². The summed E-state index contributed by atoms with van der Waals surface area (Å²) in [5.74, 6) is 4.09. The maximum absolute atomic E-state index is 14.3. The van der Waals surface area contributed by atoms with Crippen molar-refractivity contribution >= 4 is 0 Å². The van der Waals surface area contributed by atoms with Gasteiger partial charge in [-0.05, 0) is 38.9 Å². The smallest absolute Gasteiger partial charge is 0.163 e. The van der Waals surface area contributed by atoms with Crippen LogP contribution < -0.4 is 11.3 Å². The molecule has 0 saturated heterocycles. The first-order valence-corrected chi connectivity index (χ1v) is 7.52. The molecule has 0 fully saturated rings. The molecule has 0 radical (unpaired) electrons. The Bertz CT molecular complexity index is 475. The number of aryl methyl sites for hydroxylation is 1. The Balaban J connectivity index is 3.38. The van der Waals surface area contributed by atoms with Gasteiger partial charge in [-0.25, -0.2) is 8.78 Å². The van der Waals surface area contributed by atoms with Crippen molar-refractivity contribution < 1.29 is 8.78 Å². The molecule has 0 aliphatic heterocycles. The second-order valence-electron chi connectivity index (χ2n) is 5.58. The first kappa shape index (κ1) is 18.0. The van der Waals surface area contributed by atoms with Crippen LogP contribution in [0.15, 0.2) is 12.1 Å². The van der Waals surface area contributed by atoms with Crippen LogP contribution in [-0.4, -0.2) is 23.5 Å². The van der Waals surface area contributed by atoms with Crippen LogP contribution in [-0.2, 0) is 0 Å². The number of benzene rings is 1. The first-order chi connectivity index (χ1) is 9.87. The molecule has 120 valence electrons. The van der Waals surface area contributed by atoms with Gasteiger partial charge in [0.2, 0.25) is 0 Å². The Kier molecular flexibility index (Phi) is 6.25. The number of hydrazine groups is 1. The van der Waals surface area contributed by atoms with Gasteiger partial charge in [0.05, 0.1) is 6.04 Å². The molecule has 5 heteroatoms. The van der Waals surface area contributed by atoms with E-state index < -0.39 is 23.2 Å². The van der Waals surface area contributed by atoms with Crippen LogP contribution >= 0.6 is 0 Å². The molecule has 0 amide bonds. The van der Waals surface area contributed by atoms with E-state index in [1.54, 1.807) is 19.1 Å². The van der Waals surface area contributed by atoms with E-state index in [4.69, 9.17) is 5.84 Å². The highest BCUT2D eigenvalue weighted by atomic mass is 19.2. The molecule has 0 bridgehead atoms. The minimum absolute atomic E-state index is 0.275. The van der Waals surface area contributed by atoms with Gasteiger partial charge in [-0.15, -0.1) is 0 Å². The molecular formula is C16H27F2N3. The molecule has 0 spiro atoms. The number of nitrogens with one attached hydrogen (secondary N) is 1. The van der Waals surface area contributed by atoms with E-state index in [9.17, 15) is 8.78 Å². The fraction of sp³-hybridized carbons (Fsp3) is 0.625. The van der Waals surface area contributed by atoms with Crippen LogP contribution in [0.4, 0.5) is 8.78 Å². The predicted octanol–water partition coefficient (Wildman–Crippen LogP) is 3.29. The summed E-state index contributed by atoms with van der Waals surface area (Å²) in [5.41, 5.74) is 2.87. The molecule has 0 aromatic heterocycles. The average Bonchev–Trinajstić information content (AvgIpc) is 2.49. The Morgan fingerprint density at radius 2 is 1.76 bits per heavy atom. The fourth-order valence-electron chi connectivity index (χ4n) is 3.04. The van der Waals surface area contributed by atoms with Crippen LogP contribution in [0, 0.1) is 18.6 Å². The molecule has 3 N–H and O–H groups in total. The quantitative estimate of drug-likeness (QED) is 0.599. The predicted molar refractivity (Wildman–Crippen MR) is 82.8 cm³/mol. The Morgan fingerprint density at radius 1 is 1.19 bits per heavy atom. The normalized spacial score (nSPS) is 16.0. The molecule has 2 unspecified atom stereocenters. The van der Waals surface area contributed by atoms with Crippen molar-refractivity contribution in [2.75, 3.05) is 13.1 Å². The second-order valence-corrected chi connectivity index (χ2v) is 5.58.